The number of methoxy groups -OCH3 is 1. The zero-order chi connectivity index (χ0) is 11.6. The molecule has 3 nitrogen and oxygen atoms in total. The van der Waals surface area contributed by atoms with Crippen molar-refractivity contribution < 1.29 is 9.47 Å². The van der Waals surface area contributed by atoms with Crippen LogP contribution in [0.1, 0.15) is 29.3 Å². The second-order valence-electron chi connectivity index (χ2n) is 4.35. The number of nitrogens with two attached hydrogens (primary N) is 1. The Hall–Kier alpha value is -0.420. The molecule has 1 unspecified atom stereocenters. The summed E-state index contributed by atoms with van der Waals surface area (Å²) in [5.41, 5.74) is 7.30. The van der Waals surface area contributed by atoms with Crippen LogP contribution in [0, 0.1) is 6.92 Å². The normalized spacial score (nSPS) is 21.9. The van der Waals surface area contributed by atoms with Crippen LogP contribution in [0.4, 0.5) is 0 Å². The zero-order valence-electron chi connectivity index (χ0n) is 9.86. The molecule has 1 saturated heterocycles. The molecule has 90 valence electrons. The van der Waals surface area contributed by atoms with E-state index in [1.807, 2.05) is 0 Å². The van der Waals surface area contributed by atoms with Crippen LogP contribution >= 0.6 is 11.3 Å². The molecular formula is C12H19NO2S. The molecule has 16 heavy (non-hydrogen) atoms. The lowest BCUT2D eigenvalue weighted by atomic mass is 9.83. The molecule has 0 amide bonds. The van der Waals surface area contributed by atoms with Gasteiger partial charge in [0.1, 0.15) is 0 Å². The molecule has 2 rings (SSSR count). The Bertz CT molecular complexity index is 345. The Labute approximate surface area is 101 Å². The van der Waals surface area contributed by atoms with Crippen molar-refractivity contribution in [2.24, 2.45) is 5.73 Å². The van der Waals surface area contributed by atoms with Crippen LogP contribution in [0.5, 0.6) is 0 Å². The first kappa shape index (κ1) is 12.0. The van der Waals surface area contributed by atoms with E-state index in [4.69, 9.17) is 15.2 Å². The van der Waals surface area contributed by atoms with Crippen LogP contribution < -0.4 is 5.73 Å². The van der Waals surface area contributed by atoms with Crippen LogP contribution in [0.3, 0.4) is 0 Å². The zero-order valence-corrected chi connectivity index (χ0v) is 10.7. The minimum atomic E-state index is -0.244. The SMILES string of the molecule is COC1(C(N)c2csc(C)c2)CCOCC1. The standard InChI is InChI=1S/C12H19NO2S/c1-9-7-10(8-16-9)11(13)12(14-2)3-5-15-6-4-12/h7-8,11H,3-6,13H2,1-2H3. The summed E-state index contributed by atoms with van der Waals surface area (Å²) in [7, 11) is 1.75. The van der Waals surface area contributed by atoms with Gasteiger partial charge in [0.15, 0.2) is 0 Å². The Kier molecular flexibility index (Phi) is 3.64. The smallest absolute Gasteiger partial charge is 0.0914 e. The van der Waals surface area contributed by atoms with Gasteiger partial charge in [0, 0.05) is 38.0 Å². The topological polar surface area (TPSA) is 44.5 Å². The molecular weight excluding hydrogens is 222 g/mol. The Morgan fingerprint density at radius 2 is 2.19 bits per heavy atom. The van der Waals surface area contributed by atoms with Gasteiger partial charge in [0.05, 0.1) is 11.6 Å². The maximum Gasteiger partial charge on any atom is 0.0914 e. The summed E-state index contributed by atoms with van der Waals surface area (Å²) in [6.07, 6.45) is 1.75. The quantitative estimate of drug-likeness (QED) is 0.882. The summed E-state index contributed by atoms with van der Waals surface area (Å²) in [5.74, 6) is 0. The summed E-state index contributed by atoms with van der Waals surface area (Å²) < 4.78 is 11.1. The lowest BCUT2D eigenvalue weighted by molar-refractivity contribution is -0.104. The molecule has 0 spiro atoms. The van der Waals surface area contributed by atoms with Gasteiger partial charge in [-0.2, -0.15) is 0 Å². The number of hydrogen-bond donors (Lipinski definition) is 1. The molecule has 2 heterocycles. The Morgan fingerprint density at radius 1 is 1.50 bits per heavy atom. The van der Waals surface area contributed by atoms with Crippen LogP contribution in [-0.2, 0) is 9.47 Å². The first-order chi connectivity index (χ1) is 7.68. The fourth-order valence-electron chi connectivity index (χ4n) is 2.29. The minimum Gasteiger partial charge on any atom is -0.381 e. The third kappa shape index (κ3) is 2.15. The molecule has 1 atom stereocenters. The number of ether oxygens (including phenoxy) is 2. The van der Waals surface area contributed by atoms with Gasteiger partial charge < -0.3 is 15.2 Å². The molecule has 2 N–H and O–H groups in total. The second kappa shape index (κ2) is 4.84. The van der Waals surface area contributed by atoms with Gasteiger partial charge in [-0.05, 0) is 23.9 Å². The average Bonchev–Trinajstić information content (AvgIpc) is 2.76. The fraction of sp³-hybridized carbons (Fsp3) is 0.667. The van der Waals surface area contributed by atoms with E-state index in [9.17, 15) is 0 Å². The third-order valence-corrected chi connectivity index (χ3v) is 4.30. The Balaban J connectivity index is 2.20. The maximum absolute atomic E-state index is 6.35. The van der Waals surface area contributed by atoms with E-state index in [1.165, 1.54) is 10.4 Å². The molecule has 4 heteroatoms. The van der Waals surface area contributed by atoms with E-state index in [1.54, 1.807) is 18.4 Å². The van der Waals surface area contributed by atoms with Gasteiger partial charge in [0.2, 0.25) is 0 Å². The third-order valence-electron chi connectivity index (χ3n) is 3.42. The molecule has 1 aromatic heterocycles. The molecule has 0 aromatic carbocycles. The van der Waals surface area contributed by atoms with Crippen molar-refractivity contribution in [3.05, 3.63) is 21.9 Å². The maximum atomic E-state index is 6.35. The molecule has 1 aromatic rings. The van der Waals surface area contributed by atoms with Crippen molar-refractivity contribution in [3.63, 3.8) is 0 Å². The largest absolute Gasteiger partial charge is 0.381 e. The average molecular weight is 241 g/mol. The highest BCUT2D eigenvalue weighted by Gasteiger charge is 2.39. The van der Waals surface area contributed by atoms with Gasteiger partial charge >= 0.3 is 0 Å². The van der Waals surface area contributed by atoms with Crippen molar-refractivity contribution in [2.75, 3.05) is 20.3 Å². The first-order valence-corrected chi connectivity index (χ1v) is 6.49. The molecule has 0 radical (unpaired) electrons. The lowest BCUT2D eigenvalue weighted by Gasteiger charge is -2.40. The number of hydrogen-bond acceptors (Lipinski definition) is 4. The van der Waals surface area contributed by atoms with Crippen molar-refractivity contribution in [3.8, 4) is 0 Å². The summed E-state index contributed by atoms with van der Waals surface area (Å²) in [4.78, 5) is 1.30. The summed E-state index contributed by atoms with van der Waals surface area (Å²) in [6, 6.07) is 2.11. The van der Waals surface area contributed by atoms with E-state index in [2.05, 4.69) is 18.4 Å². The van der Waals surface area contributed by atoms with Crippen molar-refractivity contribution >= 4 is 11.3 Å². The summed E-state index contributed by atoms with van der Waals surface area (Å²) >= 11 is 1.74. The van der Waals surface area contributed by atoms with Gasteiger partial charge in [-0.25, -0.2) is 0 Å². The molecule has 0 saturated carbocycles. The predicted molar refractivity (Wildman–Crippen MR) is 65.8 cm³/mol. The molecule has 1 fully saturated rings. The van der Waals surface area contributed by atoms with Crippen molar-refractivity contribution in [2.45, 2.75) is 31.4 Å². The number of thiophene rings is 1. The highest BCUT2D eigenvalue weighted by Crippen LogP contribution is 2.36. The lowest BCUT2D eigenvalue weighted by Crippen LogP contribution is -2.47. The van der Waals surface area contributed by atoms with Gasteiger partial charge in [-0.3, -0.25) is 0 Å². The van der Waals surface area contributed by atoms with E-state index in [-0.39, 0.29) is 11.6 Å². The van der Waals surface area contributed by atoms with E-state index in [0.717, 1.165) is 26.1 Å². The van der Waals surface area contributed by atoms with Crippen LogP contribution in [-0.4, -0.2) is 25.9 Å². The fourth-order valence-corrected chi connectivity index (χ4v) is 3.03. The van der Waals surface area contributed by atoms with E-state index in [0.29, 0.717) is 0 Å². The first-order valence-electron chi connectivity index (χ1n) is 5.61. The van der Waals surface area contributed by atoms with E-state index >= 15 is 0 Å². The monoisotopic (exact) mass is 241 g/mol. The van der Waals surface area contributed by atoms with Crippen LogP contribution in [0.25, 0.3) is 0 Å². The van der Waals surface area contributed by atoms with Crippen LogP contribution in [0.2, 0.25) is 0 Å². The van der Waals surface area contributed by atoms with Crippen molar-refractivity contribution in [1.82, 2.24) is 0 Å². The number of aryl methyl sites for hydroxylation is 1. The summed E-state index contributed by atoms with van der Waals surface area (Å²) in [6.45, 7) is 3.58. The Morgan fingerprint density at radius 3 is 2.69 bits per heavy atom. The predicted octanol–water partition coefficient (Wildman–Crippen LogP) is 2.25. The van der Waals surface area contributed by atoms with E-state index < -0.39 is 0 Å². The number of rotatable bonds is 3. The minimum absolute atomic E-state index is 0.0497. The van der Waals surface area contributed by atoms with Gasteiger partial charge in [0.25, 0.3) is 0 Å². The molecule has 1 aliphatic rings. The molecule has 0 aliphatic carbocycles. The highest BCUT2D eigenvalue weighted by molar-refractivity contribution is 7.10. The molecule has 1 aliphatic heterocycles. The van der Waals surface area contributed by atoms with Gasteiger partial charge in [-0.15, -0.1) is 11.3 Å². The summed E-state index contributed by atoms with van der Waals surface area (Å²) in [5, 5.41) is 2.14. The molecule has 0 bridgehead atoms. The van der Waals surface area contributed by atoms with Crippen molar-refractivity contribution in [1.29, 1.82) is 0 Å². The second-order valence-corrected chi connectivity index (χ2v) is 5.46. The van der Waals surface area contributed by atoms with Gasteiger partial charge in [-0.1, -0.05) is 0 Å². The highest BCUT2D eigenvalue weighted by atomic mass is 32.1. The van der Waals surface area contributed by atoms with Crippen LogP contribution in [0.15, 0.2) is 11.4 Å².